The van der Waals surface area contributed by atoms with Crippen LogP contribution < -0.4 is 4.74 Å². The molecule has 0 aliphatic carbocycles. The van der Waals surface area contributed by atoms with Gasteiger partial charge >= 0.3 is 5.97 Å². The third-order valence-electron chi connectivity index (χ3n) is 1.93. The van der Waals surface area contributed by atoms with E-state index >= 15 is 0 Å². The summed E-state index contributed by atoms with van der Waals surface area (Å²) in [5.41, 5.74) is 0.480. The Labute approximate surface area is 101 Å². The Balaban J connectivity index is 2.19. The van der Waals surface area contributed by atoms with E-state index in [1.165, 1.54) is 0 Å². The predicted molar refractivity (Wildman–Crippen MR) is 63.3 cm³/mol. The van der Waals surface area contributed by atoms with Crippen molar-refractivity contribution in [2.45, 2.75) is 0 Å². The molecule has 1 aromatic heterocycles. The topological polar surface area (TPSA) is 39.2 Å². The quantitative estimate of drug-likeness (QED) is 0.792. The molecule has 0 unspecified atom stereocenters. The fourth-order valence-corrected chi connectivity index (χ4v) is 1.63. The third kappa shape index (κ3) is 2.46. The van der Waals surface area contributed by atoms with Crippen LogP contribution in [0.3, 0.4) is 0 Å². The van der Waals surface area contributed by atoms with E-state index in [-0.39, 0.29) is 0 Å². The summed E-state index contributed by atoms with van der Waals surface area (Å²) in [7, 11) is 0. The molecule has 0 radical (unpaired) electrons. The van der Waals surface area contributed by atoms with E-state index in [1.807, 2.05) is 6.07 Å². The summed E-state index contributed by atoms with van der Waals surface area (Å²) in [5, 5.41) is 0. The van der Waals surface area contributed by atoms with Crippen LogP contribution in [-0.2, 0) is 0 Å². The van der Waals surface area contributed by atoms with Crippen LogP contribution in [-0.4, -0.2) is 11.0 Å². The first-order chi connectivity index (χ1) is 7.77. The lowest BCUT2D eigenvalue weighted by molar-refractivity contribution is 0.0726. The monoisotopic (exact) mass is 277 g/mol. The largest absolute Gasteiger partial charge is 0.404 e. The van der Waals surface area contributed by atoms with E-state index in [0.717, 1.165) is 0 Å². The minimum atomic E-state index is -0.425. The van der Waals surface area contributed by atoms with Gasteiger partial charge in [-0.1, -0.05) is 18.2 Å². The fourth-order valence-electron chi connectivity index (χ4n) is 1.18. The number of rotatable bonds is 2. The average Bonchev–Trinajstić information content (AvgIpc) is 2.31. The van der Waals surface area contributed by atoms with Gasteiger partial charge in [-0.05, 0) is 34.1 Å². The lowest BCUT2D eigenvalue weighted by Crippen LogP contribution is -2.09. The number of pyridine rings is 1. The maximum Gasteiger partial charge on any atom is 0.346 e. The van der Waals surface area contributed by atoms with Gasteiger partial charge in [0.1, 0.15) is 0 Å². The van der Waals surface area contributed by atoms with E-state index in [4.69, 9.17) is 4.74 Å². The van der Waals surface area contributed by atoms with Crippen molar-refractivity contribution in [3.8, 4) is 5.88 Å². The number of ether oxygens (including phenoxy) is 1. The zero-order chi connectivity index (χ0) is 11.4. The van der Waals surface area contributed by atoms with Gasteiger partial charge in [0.05, 0.1) is 5.56 Å². The van der Waals surface area contributed by atoms with Crippen LogP contribution in [0, 0.1) is 0 Å². The SMILES string of the molecule is O=C(Oc1ccccn1)c1ccccc1Br. The van der Waals surface area contributed by atoms with Crippen molar-refractivity contribution < 1.29 is 9.53 Å². The predicted octanol–water partition coefficient (Wildman–Crippen LogP) is 3.06. The smallest absolute Gasteiger partial charge is 0.346 e. The normalized spacial score (nSPS) is 9.81. The van der Waals surface area contributed by atoms with E-state index in [2.05, 4.69) is 20.9 Å². The van der Waals surface area contributed by atoms with Gasteiger partial charge in [0, 0.05) is 16.7 Å². The van der Waals surface area contributed by atoms with Crippen molar-refractivity contribution >= 4 is 21.9 Å². The number of esters is 1. The van der Waals surface area contributed by atoms with E-state index in [1.54, 1.807) is 42.6 Å². The lowest BCUT2D eigenvalue weighted by atomic mass is 10.2. The molecule has 4 heteroatoms. The molecule has 0 spiro atoms. The molecule has 0 fully saturated rings. The lowest BCUT2D eigenvalue weighted by Gasteiger charge is -2.04. The summed E-state index contributed by atoms with van der Waals surface area (Å²) in [5.74, 6) is -0.130. The van der Waals surface area contributed by atoms with Gasteiger partial charge in [0.25, 0.3) is 0 Å². The molecule has 3 nitrogen and oxygen atoms in total. The average molecular weight is 278 g/mol. The van der Waals surface area contributed by atoms with Crippen LogP contribution in [0.2, 0.25) is 0 Å². The summed E-state index contributed by atoms with van der Waals surface area (Å²) in [6.07, 6.45) is 1.57. The van der Waals surface area contributed by atoms with E-state index in [9.17, 15) is 4.79 Å². The molecular formula is C12H8BrNO2. The minimum Gasteiger partial charge on any atom is -0.404 e. The molecule has 80 valence electrons. The third-order valence-corrected chi connectivity index (χ3v) is 2.62. The Morgan fingerprint density at radius 1 is 1.12 bits per heavy atom. The van der Waals surface area contributed by atoms with Crippen LogP contribution in [0.25, 0.3) is 0 Å². The standard InChI is InChI=1S/C12H8BrNO2/c13-10-6-2-1-5-9(10)12(15)16-11-7-3-4-8-14-11/h1-8H. The first-order valence-electron chi connectivity index (χ1n) is 4.65. The summed E-state index contributed by atoms with van der Waals surface area (Å²) in [6.45, 7) is 0. The summed E-state index contributed by atoms with van der Waals surface area (Å²) < 4.78 is 5.81. The summed E-state index contributed by atoms with van der Waals surface area (Å²) in [6, 6.07) is 12.2. The molecule has 1 aromatic carbocycles. The molecule has 1 heterocycles. The van der Waals surface area contributed by atoms with Crippen LogP contribution in [0.1, 0.15) is 10.4 Å². The van der Waals surface area contributed by atoms with Gasteiger partial charge in [0.2, 0.25) is 5.88 Å². The van der Waals surface area contributed by atoms with Crippen molar-refractivity contribution in [2.75, 3.05) is 0 Å². The Kier molecular flexibility index (Phi) is 3.31. The molecule has 0 bridgehead atoms. The molecule has 16 heavy (non-hydrogen) atoms. The first-order valence-corrected chi connectivity index (χ1v) is 5.44. The van der Waals surface area contributed by atoms with Crippen LogP contribution in [0.4, 0.5) is 0 Å². The van der Waals surface area contributed by atoms with Gasteiger partial charge in [0.15, 0.2) is 0 Å². The van der Waals surface area contributed by atoms with E-state index < -0.39 is 5.97 Å². The Morgan fingerprint density at radius 3 is 2.56 bits per heavy atom. The van der Waals surface area contributed by atoms with Crippen molar-refractivity contribution in [2.24, 2.45) is 0 Å². The zero-order valence-electron chi connectivity index (χ0n) is 8.26. The molecule has 0 saturated heterocycles. The maximum atomic E-state index is 11.7. The molecule has 2 aromatic rings. The Bertz CT molecular complexity index is 499. The van der Waals surface area contributed by atoms with Crippen LogP contribution in [0.5, 0.6) is 5.88 Å². The van der Waals surface area contributed by atoms with Crippen LogP contribution in [0.15, 0.2) is 53.1 Å². The number of carbonyl (C=O) groups excluding carboxylic acids is 1. The van der Waals surface area contributed by atoms with Crippen molar-refractivity contribution in [1.29, 1.82) is 0 Å². The second-order valence-corrected chi connectivity index (χ2v) is 3.89. The van der Waals surface area contributed by atoms with Crippen molar-refractivity contribution in [3.05, 3.63) is 58.7 Å². The number of halogens is 1. The Hall–Kier alpha value is -1.68. The number of nitrogens with zero attached hydrogens (tertiary/aromatic N) is 1. The molecular weight excluding hydrogens is 270 g/mol. The van der Waals surface area contributed by atoms with Gasteiger partial charge in [-0.25, -0.2) is 9.78 Å². The summed E-state index contributed by atoms with van der Waals surface area (Å²) >= 11 is 3.29. The summed E-state index contributed by atoms with van der Waals surface area (Å²) in [4.78, 5) is 15.7. The molecule has 0 N–H and O–H groups in total. The molecule has 0 aliphatic heterocycles. The van der Waals surface area contributed by atoms with Crippen LogP contribution >= 0.6 is 15.9 Å². The van der Waals surface area contributed by atoms with Crippen molar-refractivity contribution in [3.63, 3.8) is 0 Å². The fraction of sp³-hybridized carbons (Fsp3) is 0. The maximum absolute atomic E-state index is 11.7. The number of hydrogen-bond acceptors (Lipinski definition) is 3. The van der Waals surface area contributed by atoms with Crippen molar-refractivity contribution in [1.82, 2.24) is 4.98 Å². The molecule has 0 atom stereocenters. The van der Waals surface area contributed by atoms with Gasteiger partial charge < -0.3 is 4.74 Å². The number of benzene rings is 1. The van der Waals surface area contributed by atoms with Gasteiger partial charge in [-0.3, -0.25) is 0 Å². The highest BCUT2D eigenvalue weighted by Crippen LogP contribution is 2.17. The molecule has 2 rings (SSSR count). The van der Waals surface area contributed by atoms with E-state index in [0.29, 0.717) is 15.9 Å². The Morgan fingerprint density at radius 2 is 1.88 bits per heavy atom. The number of hydrogen-bond donors (Lipinski definition) is 0. The molecule has 0 saturated carbocycles. The first kappa shape index (κ1) is 10.8. The highest BCUT2D eigenvalue weighted by atomic mass is 79.9. The van der Waals surface area contributed by atoms with Gasteiger partial charge in [-0.2, -0.15) is 0 Å². The molecule has 0 aliphatic rings. The second-order valence-electron chi connectivity index (χ2n) is 3.04. The zero-order valence-corrected chi connectivity index (χ0v) is 9.85. The number of aromatic nitrogens is 1. The number of carbonyl (C=O) groups is 1. The highest BCUT2D eigenvalue weighted by molar-refractivity contribution is 9.10. The van der Waals surface area contributed by atoms with Gasteiger partial charge in [-0.15, -0.1) is 0 Å². The molecule has 0 amide bonds. The second kappa shape index (κ2) is 4.90. The highest BCUT2D eigenvalue weighted by Gasteiger charge is 2.11. The minimum absolute atomic E-state index is 0.295.